The number of rotatable bonds is 1. The molecule has 1 amide bonds. The monoisotopic (exact) mass is 328 g/mol. The number of carbonyl (C=O) groups excluding carboxylic acids is 1. The van der Waals surface area contributed by atoms with E-state index in [1.807, 2.05) is 4.90 Å². The van der Waals surface area contributed by atoms with Crippen LogP contribution in [0.3, 0.4) is 0 Å². The molecule has 0 radical (unpaired) electrons. The maximum atomic E-state index is 12.6. The third kappa shape index (κ3) is 3.64. The van der Waals surface area contributed by atoms with E-state index >= 15 is 0 Å². The third-order valence-electron chi connectivity index (χ3n) is 4.29. The second-order valence-corrected chi connectivity index (χ2v) is 7.58. The van der Waals surface area contributed by atoms with Gasteiger partial charge in [0.2, 0.25) is 0 Å². The van der Waals surface area contributed by atoms with Crippen molar-refractivity contribution in [3.05, 3.63) is 27.7 Å². The van der Waals surface area contributed by atoms with Crippen LogP contribution < -0.4 is 5.73 Å². The molecule has 1 aliphatic rings. The number of halogens is 2. The van der Waals surface area contributed by atoms with E-state index in [4.69, 9.17) is 28.9 Å². The van der Waals surface area contributed by atoms with Crippen molar-refractivity contribution in [2.24, 2.45) is 11.3 Å². The van der Waals surface area contributed by atoms with E-state index in [9.17, 15) is 4.79 Å². The summed E-state index contributed by atoms with van der Waals surface area (Å²) in [6, 6.07) is 3.17. The molecular formula is C16H22Cl2N2O. The molecule has 0 unspecified atom stereocenters. The summed E-state index contributed by atoms with van der Waals surface area (Å²) in [5.41, 5.74) is 6.90. The molecule has 1 aromatic rings. The predicted octanol–water partition coefficient (Wildman–Crippen LogP) is 4.47. The first-order valence-electron chi connectivity index (χ1n) is 7.24. The lowest BCUT2D eigenvalue weighted by Crippen LogP contribution is -2.41. The molecule has 0 atom stereocenters. The molecule has 1 heterocycles. The molecule has 0 aliphatic carbocycles. The van der Waals surface area contributed by atoms with Crippen LogP contribution in [-0.4, -0.2) is 23.9 Å². The largest absolute Gasteiger partial charge is 0.399 e. The highest BCUT2D eigenvalue weighted by atomic mass is 35.5. The zero-order chi connectivity index (χ0) is 15.8. The minimum atomic E-state index is -0.0819. The molecule has 2 N–H and O–H groups in total. The summed E-state index contributed by atoms with van der Waals surface area (Å²) >= 11 is 12.1. The average Bonchev–Trinajstić information content (AvgIpc) is 2.41. The fourth-order valence-corrected chi connectivity index (χ4v) is 3.30. The summed E-state index contributed by atoms with van der Waals surface area (Å²) in [5, 5.41) is 0.610. The maximum Gasteiger partial charge on any atom is 0.255 e. The molecule has 116 valence electrons. The van der Waals surface area contributed by atoms with Gasteiger partial charge in [-0.3, -0.25) is 4.79 Å². The van der Waals surface area contributed by atoms with E-state index in [1.165, 1.54) is 0 Å². The standard InChI is InChI=1S/C16H22Cl2N2O/c1-16(2,3)10-4-6-20(7-5-10)15(21)12-8-11(19)9-13(17)14(12)18/h8-10H,4-7,19H2,1-3H3. The number of nitrogens with two attached hydrogens (primary N) is 1. The van der Waals surface area contributed by atoms with Crippen molar-refractivity contribution in [1.82, 2.24) is 4.90 Å². The van der Waals surface area contributed by atoms with Crippen LogP contribution in [0.5, 0.6) is 0 Å². The van der Waals surface area contributed by atoms with Gasteiger partial charge in [-0.25, -0.2) is 0 Å². The van der Waals surface area contributed by atoms with Crippen LogP contribution in [0, 0.1) is 11.3 Å². The van der Waals surface area contributed by atoms with Gasteiger partial charge in [0.25, 0.3) is 5.91 Å². The fraction of sp³-hybridized carbons (Fsp3) is 0.562. The minimum Gasteiger partial charge on any atom is -0.399 e. The molecule has 0 bridgehead atoms. The van der Waals surface area contributed by atoms with Crippen molar-refractivity contribution < 1.29 is 4.79 Å². The van der Waals surface area contributed by atoms with Crippen molar-refractivity contribution in [3.63, 3.8) is 0 Å². The molecule has 1 fully saturated rings. The predicted molar refractivity (Wildman–Crippen MR) is 89.0 cm³/mol. The normalized spacial score (nSPS) is 17.1. The van der Waals surface area contributed by atoms with E-state index in [1.54, 1.807) is 12.1 Å². The summed E-state index contributed by atoms with van der Waals surface area (Å²) in [6.45, 7) is 8.27. The average molecular weight is 329 g/mol. The van der Waals surface area contributed by atoms with Gasteiger partial charge in [-0.1, -0.05) is 44.0 Å². The molecule has 0 saturated carbocycles. The number of benzene rings is 1. The Labute approximate surface area is 136 Å². The molecule has 1 saturated heterocycles. The smallest absolute Gasteiger partial charge is 0.255 e. The van der Waals surface area contributed by atoms with E-state index in [2.05, 4.69) is 20.8 Å². The van der Waals surface area contributed by atoms with Crippen LogP contribution in [0.15, 0.2) is 12.1 Å². The Bertz CT molecular complexity index is 544. The van der Waals surface area contributed by atoms with Gasteiger partial charge in [0.1, 0.15) is 0 Å². The van der Waals surface area contributed by atoms with Gasteiger partial charge in [-0.15, -0.1) is 0 Å². The summed E-state index contributed by atoms with van der Waals surface area (Å²) in [5.74, 6) is 0.558. The van der Waals surface area contributed by atoms with Crippen molar-refractivity contribution in [2.75, 3.05) is 18.8 Å². The molecule has 1 aromatic carbocycles. The number of carbonyl (C=O) groups is 1. The lowest BCUT2D eigenvalue weighted by Gasteiger charge is -2.38. The first kappa shape index (κ1) is 16.4. The van der Waals surface area contributed by atoms with Crippen molar-refractivity contribution in [3.8, 4) is 0 Å². The summed E-state index contributed by atoms with van der Waals surface area (Å²) in [4.78, 5) is 14.5. The molecule has 2 rings (SSSR count). The van der Waals surface area contributed by atoms with E-state index < -0.39 is 0 Å². The van der Waals surface area contributed by atoms with Gasteiger partial charge in [0.05, 0.1) is 15.6 Å². The van der Waals surface area contributed by atoms with Crippen LogP contribution in [0.4, 0.5) is 5.69 Å². The first-order valence-corrected chi connectivity index (χ1v) is 7.99. The number of piperidine rings is 1. The van der Waals surface area contributed by atoms with Gasteiger partial charge in [0.15, 0.2) is 0 Å². The van der Waals surface area contributed by atoms with Crippen LogP contribution in [0.1, 0.15) is 44.0 Å². The van der Waals surface area contributed by atoms with Gasteiger partial charge in [0, 0.05) is 18.8 Å². The van der Waals surface area contributed by atoms with Crippen LogP contribution >= 0.6 is 23.2 Å². The molecular weight excluding hydrogens is 307 g/mol. The molecule has 0 aromatic heterocycles. The fourth-order valence-electron chi connectivity index (χ4n) is 2.88. The lowest BCUT2D eigenvalue weighted by molar-refractivity contribution is 0.0609. The molecule has 0 spiro atoms. The maximum absolute atomic E-state index is 12.6. The van der Waals surface area contributed by atoms with E-state index in [-0.39, 0.29) is 16.3 Å². The Balaban J connectivity index is 2.13. The van der Waals surface area contributed by atoms with Crippen LogP contribution in [-0.2, 0) is 0 Å². The second-order valence-electron chi connectivity index (χ2n) is 6.80. The number of hydrogen-bond donors (Lipinski definition) is 1. The number of anilines is 1. The quantitative estimate of drug-likeness (QED) is 0.773. The molecule has 3 nitrogen and oxygen atoms in total. The number of nitrogens with zero attached hydrogens (tertiary/aromatic N) is 1. The molecule has 21 heavy (non-hydrogen) atoms. The highest BCUT2D eigenvalue weighted by molar-refractivity contribution is 6.44. The Morgan fingerprint density at radius 1 is 1.24 bits per heavy atom. The zero-order valence-corrected chi connectivity index (χ0v) is 14.3. The van der Waals surface area contributed by atoms with Crippen molar-refractivity contribution in [2.45, 2.75) is 33.6 Å². The Kier molecular flexibility index (Phi) is 4.74. The van der Waals surface area contributed by atoms with Crippen molar-refractivity contribution >= 4 is 34.8 Å². The van der Waals surface area contributed by atoms with Gasteiger partial charge in [-0.05, 0) is 36.3 Å². The number of hydrogen-bond acceptors (Lipinski definition) is 2. The van der Waals surface area contributed by atoms with Gasteiger partial charge >= 0.3 is 0 Å². The van der Waals surface area contributed by atoms with Gasteiger partial charge in [-0.2, -0.15) is 0 Å². The second kappa shape index (κ2) is 6.05. The number of likely N-dealkylation sites (tertiary alicyclic amines) is 1. The highest BCUT2D eigenvalue weighted by Gasteiger charge is 2.31. The Hall–Kier alpha value is -0.930. The lowest BCUT2D eigenvalue weighted by atomic mass is 9.75. The SMILES string of the molecule is CC(C)(C)C1CCN(C(=O)c2cc(N)cc(Cl)c2Cl)CC1. The van der Waals surface area contributed by atoms with E-state index in [0.717, 1.165) is 25.9 Å². The summed E-state index contributed by atoms with van der Waals surface area (Å²) in [6.07, 6.45) is 2.03. The summed E-state index contributed by atoms with van der Waals surface area (Å²) < 4.78 is 0. The first-order chi connectivity index (χ1) is 9.70. The third-order valence-corrected chi connectivity index (χ3v) is 5.09. The molecule has 1 aliphatic heterocycles. The molecule has 5 heteroatoms. The Morgan fingerprint density at radius 3 is 2.33 bits per heavy atom. The van der Waals surface area contributed by atoms with E-state index in [0.29, 0.717) is 22.2 Å². The van der Waals surface area contributed by atoms with Crippen LogP contribution in [0.2, 0.25) is 10.0 Å². The Morgan fingerprint density at radius 2 is 1.81 bits per heavy atom. The van der Waals surface area contributed by atoms with Crippen molar-refractivity contribution in [1.29, 1.82) is 0 Å². The number of nitrogen functional groups attached to an aromatic ring is 1. The van der Waals surface area contributed by atoms with Gasteiger partial charge < -0.3 is 10.6 Å². The topological polar surface area (TPSA) is 46.3 Å². The minimum absolute atomic E-state index is 0.0819. The summed E-state index contributed by atoms with van der Waals surface area (Å²) in [7, 11) is 0. The highest BCUT2D eigenvalue weighted by Crippen LogP contribution is 2.35. The van der Waals surface area contributed by atoms with Crippen LogP contribution in [0.25, 0.3) is 0 Å². The zero-order valence-electron chi connectivity index (χ0n) is 12.7. The number of amides is 1.